The number of hydrogen-bond donors (Lipinski definition) is 1. The Balaban J connectivity index is 1.37. The minimum Gasteiger partial charge on any atom is -0.473 e. The number of likely N-dealkylation sites (tertiary alicyclic amines) is 1. The van der Waals surface area contributed by atoms with E-state index in [4.69, 9.17) is 4.74 Å². The lowest BCUT2D eigenvalue weighted by molar-refractivity contribution is 0.0958. The molecule has 2 heterocycles. The van der Waals surface area contributed by atoms with Crippen LogP contribution in [0.5, 0.6) is 5.88 Å². The van der Waals surface area contributed by atoms with Crippen molar-refractivity contribution in [1.29, 1.82) is 0 Å². The Bertz CT molecular complexity index is 740. The van der Waals surface area contributed by atoms with Gasteiger partial charge in [-0.1, -0.05) is 30.7 Å². The molecular formula is C22H27N3O2. The quantitative estimate of drug-likeness (QED) is 0.728. The van der Waals surface area contributed by atoms with Crippen LogP contribution in [-0.2, 0) is 6.54 Å². The van der Waals surface area contributed by atoms with Gasteiger partial charge in [0.15, 0.2) is 0 Å². The van der Waals surface area contributed by atoms with Crippen LogP contribution in [0.15, 0.2) is 60.8 Å². The molecule has 2 aromatic rings. The molecule has 1 saturated heterocycles. The molecule has 27 heavy (non-hydrogen) atoms. The Labute approximate surface area is 161 Å². The van der Waals surface area contributed by atoms with Gasteiger partial charge in [-0.25, -0.2) is 4.98 Å². The third-order valence-electron chi connectivity index (χ3n) is 4.56. The summed E-state index contributed by atoms with van der Waals surface area (Å²) in [6.45, 7) is 4.22. The number of pyridine rings is 1. The minimum atomic E-state index is -0.0757. The zero-order chi connectivity index (χ0) is 18.7. The molecule has 0 saturated carbocycles. The van der Waals surface area contributed by atoms with Gasteiger partial charge in [0.25, 0.3) is 5.91 Å². The van der Waals surface area contributed by atoms with Crippen molar-refractivity contribution in [3.63, 3.8) is 0 Å². The molecule has 0 unspecified atom stereocenters. The largest absolute Gasteiger partial charge is 0.473 e. The molecule has 1 aromatic carbocycles. The van der Waals surface area contributed by atoms with E-state index in [1.54, 1.807) is 18.3 Å². The number of benzene rings is 1. The number of hydrogen-bond acceptors (Lipinski definition) is 4. The second-order valence-electron chi connectivity index (χ2n) is 6.70. The maximum Gasteiger partial charge on any atom is 0.251 e. The summed E-state index contributed by atoms with van der Waals surface area (Å²) in [6, 6.07) is 13.3. The van der Waals surface area contributed by atoms with E-state index in [9.17, 15) is 4.79 Å². The molecule has 0 aliphatic carbocycles. The van der Waals surface area contributed by atoms with Gasteiger partial charge in [0.2, 0.25) is 5.88 Å². The molecule has 1 aliphatic rings. The highest BCUT2D eigenvalue weighted by atomic mass is 16.5. The number of piperidine rings is 1. The van der Waals surface area contributed by atoms with Gasteiger partial charge < -0.3 is 10.1 Å². The van der Waals surface area contributed by atoms with Gasteiger partial charge in [-0.15, -0.1) is 0 Å². The van der Waals surface area contributed by atoms with Crippen LogP contribution in [-0.4, -0.2) is 42.0 Å². The van der Waals surface area contributed by atoms with Crippen molar-refractivity contribution >= 4 is 5.91 Å². The molecule has 142 valence electrons. The van der Waals surface area contributed by atoms with Crippen LogP contribution in [0.25, 0.3) is 0 Å². The van der Waals surface area contributed by atoms with Gasteiger partial charge in [0.1, 0.15) is 6.61 Å². The monoisotopic (exact) mass is 365 g/mol. The lowest BCUT2D eigenvalue weighted by atomic mass is 10.1. The van der Waals surface area contributed by atoms with Crippen molar-refractivity contribution in [2.45, 2.75) is 25.8 Å². The molecule has 5 nitrogen and oxygen atoms in total. The molecule has 1 fully saturated rings. The smallest absolute Gasteiger partial charge is 0.251 e. The van der Waals surface area contributed by atoms with Gasteiger partial charge in [-0.3, -0.25) is 9.69 Å². The van der Waals surface area contributed by atoms with Crippen molar-refractivity contribution in [2.24, 2.45) is 0 Å². The minimum absolute atomic E-state index is 0.0757. The summed E-state index contributed by atoms with van der Waals surface area (Å²) >= 11 is 0. The zero-order valence-electron chi connectivity index (χ0n) is 15.6. The van der Waals surface area contributed by atoms with E-state index >= 15 is 0 Å². The van der Waals surface area contributed by atoms with E-state index in [1.807, 2.05) is 36.4 Å². The second-order valence-corrected chi connectivity index (χ2v) is 6.70. The number of nitrogens with zero attached hydrogens (tertiary/aromatic N) is 2. The van der Waals surface area contributed by atoms with Crippen LogP contribution in [0.2, 0.25) is 0 Å². The maximum atomic E-state index is 11.9. The molecule has 0 atom stereocenters. The number of nitrogens with one attached hydrogen (secondary N) is 1. The van der Waals surface area contributed by atoms with Crippen molar-refractivity contribution in [1.82, 2.24) is 15.2 Å². The molecule has 0 radical (unpaired) electrons. The molecular weight excluding hydrogens is 338 g/mol. The highest BCUT2D eigenvalue weighted by molar-refractivity contribution is 5.94. The van der Waals surface area contributed by atoms with Crippen LogP contribution in [0.4, 0.5) is 0 Å². The predicted octanol–water partition coefficient (Wildman–Crippen LogP) is 3.43. The van der Waals surface area contributed by atoms with E-state index in [1.165, 1.54) is 37.9 Å². The number of rotatable bonds is 8. The van der Waals surface area contributed by atoms with Crippen LogP contribution >= 0.6 is 0 Å². The molecule has 1 aromatic heterocycles. The first-order chi connectivity index (χ1) is 13.3. The van der Waals surface area contributed by atoms with Gasteiger partial charge in [-0.05, 0) is 55.8 Å². The van der Waals surface area contributed by atoms with E-state index < -0.39 is 0 Å². The first-order valence-electron chi connectivity index (χ1n) is 9.59. The van der Waals surface area contributed by atoms with Crippen LogP contribution in [0.1, 0.15) is 35.2 Å². The lowest BCUT2D eigenvalue weighted by Crippen LogP contribution is -2.29. The summed E-state index contributed by atoms with van der Waals surface area (Å²) in [6.07, 6.45) is 9.51. The standard InChI is InChI=1S/C22H27N3O2/c26-22(20-9-3-1-4-10-20)24-12-5-8-16-27-21-17-19(11-13-23-21)18-25-14-6-2-7-15-25/h1,3-5,8-11,13,17H,2,6-7,12,14-16,18H2,(H,24,26)/b8-5-. The van der Waals surface area contributed by atoms with Crippen LogP contribution < -0.4 is 10.1 Å². The number of carbonyl (C=O) groups is 1. The first kappa shape index (κ1) is 19.1. The molecule has 5 heteroatoms. The van der Waals surface area contributed by atoms with E-state index in [0.717, 1.165) is 6.54 Å². The average Bonchev–Trinajstić information content (AvgIpc) is 2.72. The normalized spacial score (nSPS) is 15.0. The summed E-state index contributed by atoms with van der Waals surface area (Å²) in [5.74, 6) is 0.565. The number of carbonyl (C=O) groups excluding carboxylic acids is 1. The second kappa shape index (κ2) is 10.5. The SMILES string of the molecule is O=C(NC/C=C\COc1cc(CN2CCCCC2)ccn1)c1ccccc1. The molecule has 3 rings (SSSR count). The van der Waals surface area contributed by atoms with Gasteiger partial charge >= 0.3 is 0 Å². The Hall–Kier alpha value is -2.66. The Morgan fingerprint density at radius 1 is 1.11 bits per heavy atom. The first-order valence-corrected chi connectivity index (χ1v) is 9.59. The third-order valence-corrected chi connectivity index (χ3v) is 4.56. The summed E-state index contributed by atoms with van der Waals surface area (Å²) in [5.41, 5.74) is 1.90. The van der Waals surface area contributed by atoms with Crippen molar-refractivity contribution in [2.75, 3.05) is 26.2 Å². The summed E-state index contributed by atoms with van der Waals surface area (Å²) < 4.78 is 5.70. The Kier molecular flexibility index (Phi) is 7.42. The van der Waals surface area contributed by atoms with Crippen molar-refractivity contribution in [3.05, 3.63) is 71.9 Å². The topological polar surface area (TPSA) is 54.5 Å². The summed E-state index contributed by atoms with van der Waals surface area (Å²) in [5, 5.41) is 2.85. The fraction of sp³-hybridized carbons (Fsp3) is 0.364. The van der Waals surface area contributed by atoms with Crippen LogP contribution in [0, 0.1) is 0 Å². The van der Waals surface area contributed by atoms with Crippen molar-refractivity contribution < 1.29 is 9.53 Å². The number of aromatic nitrogens is 1. The Morgan fingerprint density at radius 2 is 1.93 bits per heavy atom. The fourth-order valence-corrected chi connectivity index (χ4v) is 3.13. The van der Waals surface area contributed by atoms with Crippen LogP contribution in [0.3, 0.4) is 0 Å². The third kappa shape index (κ3) is 6.53. The average molecular weight is 365 g/mol. The van der Waals surface area contributed by atoms with Gasteiger partial charge in [-0.2, -0.15) is 0 Å². The molecule has 1 amide bonds. The van der Waals surface area contributed by atoms with E-state index in [2.05, 4.69) is 21.3 Å². The highest BCUT2D eigenvalue weighted by Crippen LogP contribution is 2.15. The van der Waals surface area contributed by atoms with Crippen molar-refractivity contribution in [3.8, 4) is 5.88 Å². The number of ether oxygens (including phenoxy) is 1. The lowest BCUT2D eigenvalue weighted by Gasteiger charge is -2.26. The molecule has 0 bridgehead atoms. The number of amides is 1. The predicted molar refractivity (Wildman–Crippen MR) is 107 cm³/mol. The zero-order valence-corrected chi connectivity index (χ0v) is 15.6. The molecule has 1 aliphatic heterocycles. The summed E-state index contributed by atoms with van der Waals surface area (Å²) in [4.78, 5) is 18.7. The molecule has 1 N–H and O–H groups in total. The molecule has 0 spiro atoms. The van der Waals surface area contributed by atoms with Gasteiger partial charge in [0.05, 0.1) is 0 Å². The highest BCUT2D eigenvalue weighted by Gasteiger charge is 2.10. The maximum absolute atomic E-state index is 11.9. The van der Waals surface area contributed by atoms with E-state index in [-0.39, 0.29) is 5.91 Å². The fourth-order valence-electron chi connectivity index (χ4n) is 3.13. The van der Waals surface area contributed by atoms with Gasteiger partial charge in [0, 0.05) is 30.9 Å². The van der Waals surface area contributed by atoms with E-state index in [0.29, 0.717) is 24.6 Å². The Morgan fingerprint density at radius 3 is 2.74 bits per heavy atom. The summed E-state index contributed by atoms with van der Waals surface area (Å²) in [7, 11) is 0.